The van der Waals surface area contributed by atoms with Gasteiger partial charge < -0.3 is 14.9 Å². The van der Waals surface area contributed by atoms with E-state index >= 15 is 0 Å². The molecule has 1 amide bonds. The number of likely N-dealkylation sites (tertiary alicyclic amines) is 1. The van der Waals surface area contributed by atoms with E-state index in [0.717, 1.165) is 26.1 Å². The van der Waals surface area contributed by atoms with E-state index < -0.39 is 24.3 Å². The molecule has 16 heteroatoms. The van der Waals surface area contributed by atoms with Crippen LogP contribution in [0.4, 0.5) is 26.3 Å². The first-order valence-corrected chi connectivity index (χ1v) is 10.5. The molecule has 3 fully saturated rings. The number of carbonyl (C=O) groups excluding carboxylic acids is 1. The second-order valence-electron chi connectivity index (χ2n) is 7.93. The number of ether oxygens (including phenoxy) is 1. The third kappa shape index (κ3) is 8.60. The number of carbonyl (C=O) groups is 3. The van der Waals surface area contributed by atoms with Crippen LogP contribution in [0.15, 0.2) is 24.5 Å². The Bertz CT molecular complexity index is 870. The fourth-order valence-corrected chi connectivity index (χ4v) is 3.73. The maximum atomic E-state index is 12.5. The van der Waals surface area contributed by atoms with Crippen LogP contribution >= 0.6 is 0 Å². The van der Waals surface area contributed by atoms with Gasteiger partial charge in [0.2, 0.25) is 0 Å². The number of fused-ring (bicyclic) bond motifs is 1. The van der Waals surface area contributed by atoms with Crippen LogP contribution in [0.2, 0.25) is 0 Å². The highest BCUT2D eigenvalue weighted by Crippen LogP contribution is 2.35. The molecule has 0 spiro atoms. The van der Waals surface area contributed by atoms with E-state index in [9.17, 15) is 31.1 Å². The summed E-state index contributed by atoms with van der Waals surface area (Å²) in [6.45, 7) is 4.57. The van der Waals surface area contributed by atoms with Crippen LogP contribution in [-0.4, -0.2) is 94.3 Å². The third-order valence-electron chi connectivity index (χ3n) is 5.32. The molecule has 0 bridgehead atoms. The van der Waals surface area contributed by atoms with Crippen molar-refractivity contribution >= 4 is 17.8 Å². The summed E-state index contributed by atoms with van der Waals surface area (Å²) >= 11 is 0. The Labute approximate surface area is 200 Å². The number of hydroxylamine groups is 2. The van der Waals surface area contributed by atoms with Gasteiger partial charge in [0.05, 0.1) is 31.8 Å². The van der Waals surface area contributed by atoms with Crippen molar-refractivity contribution in [2.24, 2.45) is 11.8 Å². The number of halogens is 6. The Hall–Kier alpha value is -2.98. The minimum atomic E-state index is -5.08. The van der Waals surface area contributed by atoms with Crippen molar-refractivity contribution in [3.8, 4) is 0 Å². The van der Waals surface area contributed by atoms with E-state index in [1.165, 1.54) is 5.56 Å². The lowest BCUT2D eigenvalue weighted by atomic mass is 9.92. The summed E-state index contributed by atoms with van der Waals surface area (Å²) in [5, 5.41) is 15.8. The number of hydrogen-bond acceptors (Lipinski definition) is 7. The minimum Gasteiger partial charge on any atom is -0.475 e. The van der Waals surface area contributed by atoms with Crippen molar-refractivity contribution in [1.82, 2.24) is 14.9 Å². The number of rotatable bonds is 3. The van der Waals surface area contributed by atoms with Crippen molar-refractivity contribution in [3.05, 3.63) is 30.1 Å². The van der Waals surface area contributed by atoms with Gasteiger partial charge in [-0.2, -0.15) is 26.3 Å². The second-order valence-corrected chi connectivity index (χ2v) is 7.93. The highest BCUT2D eigenvalue weighted by molar-refractivity contribution is 5.79. The van der Waals surface area contributed by atoms with Crippen LogP contribution < -0.4 is 0 Å². The molecular formula is C20H23F6N3O7. The molecule has 3 aliphatic rings. The molecule has 10 nitrogen and oxygen atoms in total. The predicted octanol–water partition coefficient (Wildman–Crippen LogP) is 1.96. The molecular weight excluding hydrogens is 508 g/mol. The molecule has 0 unspecified atom stereocenters. The maximum Gasteiger partial charge on any atom is 0.490 e. The molecule has 0 aromatic carbocycles. The van der Waals surface area contributed by atoms with Crippen LogP contribution in [0.3, 0.4) is 0 Å². The van der Waals surface area contributed by atoms with E-state index in [4.69, 9.17) is 29.4 Å². The van der Waals surface area contributed by atoms with Gasteiger partial charge in [-0.25, -0.2) is 14.7 Å². The molecule has 4 rings (SSSR count). The standard InChI is InChI=1S/C16H21N3O3.2C2HF3O2/c20-16(19-5-2-6-22-19)14-11-21-15-10-18(9-13(14)15)8-12-3-1-4-17-7-12;2*3-2(4,5)1(6)7/h1,3-4,7,13-15H,2,5-6,8-11H2;2*(H,6,7)/t13-,14+,15-;;/m1../s1. The molecule has 1 aromatic rings. The summed E-state index contributed by atoms with van der Waals surface area (Å²) in [6.07, 6.45) is -5.38. The fourth-order valence-electron chi connectivity index (χ4n) is 3.73. The zero-order valence-electron chi connectivity index (χ0n) is 18.5. The van der Waals surface area contributed by atoms with Crippen LogP contribution in [0.1, 0.15) is 12.0 Å². The van der Waals surface area contributed by atoms with Gasteiger partial charge in [0.15, 0.2) is 0 Å². The molecule has 0 aliphatic carbocycles. The highest BCUT2D eigenvalue weighted by atomic mass is 19.4. The number of pyridine rings is 1. The van der Waals surface area contributed by atoms with Gasteiger partial charge >= 0.3 is 24.3 Å². The second kappa shape index (κ2) is 12.3. The molecule has 202 valence electrons. The maximum absolute atomic E-state index is 12.5. The molecule has 36 heavy (non-hydrogen) atoms. The van der Waals surface area contributed by atoms with Crippen LogP contribution in [0.25, 0.3) is 0 Å². The third-order valence-corrected chi connectivity index (χ3v) is 5.32. The smallest absolute Gasteiger partial charge is 0.475 e. The number of carboxylic acid groups (broad SMARTS) is 2. The van der Waals surface area contributed by atoms with Gasteiger partial charge in [-0.15, -0.1) is 0 Å². The highest BCUT2D eigenvalue weighted by Gasteiger charge is 2.48. The number of hydrogen-bond donors (Lipinski definition) is 2. The first kappa shape index (κ1) is 29.3. The topological polar surface area (TPSA) is 129 Å². The summed E-state index contributed by atoms with van der Waals surface area (Å²) in [7, 11) is 0. The zero-order chi connectivity index (χ0) is 27.1. The normalized spacial score (nSPS) is 23.7. The van der Waals surface area contributed by atoms with Gasteiger partial charge in [0, 0.05) is 37.9 Å². The Morgan fingerprint density at radius 3 is 2.14 bits per heavy atom. The number of nitrogens with zero attached hydrogens (tertiary/aromatic N) is 3. The largest absolute Gasteiger partial charge is 0.490 e. The predicted molar refractivity (Wildman–Crippen MR) is 106 cm³/mol. The summed E-state index contributed by atoms with van der Waals surface area (Å²) in [5.41, 5.74) is 1.20. The molecule has 3 atom stereocenters. The first-order chi connectivity index (χ1) is 16.7. The summed E-state index contributed by atoms with van der Waals surface area (Å²) in [5.74, 6) is -5.18. The molecule has 3 saturated heterocycles. The van der Waals surface area contributed by atoms with Crippen molar-refractivity contribution < 1.29 is 60.5 Å². The molecule has 0 saturated carbocycles. The number of amides is 1. The van der Waals surface area contributed by atoms with E-state index in [1.54, 1.807) is 11.3 Å². The van der Waals surface area contributed by atoms with Crippen molar-refractivity contribution in [2.75, 3.05) is 32.8 Å². The van der Waals surface area contributed by atoms with E-state index in [0.29, 0.717) is 19.8 Å². The Balaban J connectivity index is 0.000000271. The lowest BCUT2D eigenvalue weighted by Crippen LogP contribution is -2.38. The minimum absolute atomic E-state index is 0.0537. The molecule has 1 aromatic heterocycles. The van der Waals surface area contributed by atoms with Crippen LogP contribution in [0.5, 0.6) is 0 Å². The van der Waals surface area contributed by atoms with Crippen molar-refractivity contribution in [2.45, 2.75) is 31.4 Å². The summed E-state index contributed by atoms with van der Waals surface area (Å²) < 4.78 is 69.4. The average molecular weight is 531 g/mol. The van der Waals surface area contributed by atoms with Gasteiger partial charge in [-0.3, -0.25) is 19.5 Å². The number of carboxylic acids is 2. The zero-order valence-corrected chi connectivity index (χ0v) is 18.5. The monoisotopic (exact) mass is 531 g/mol. The lowest BCUT2D eigenvalue weighted by molar-refractivity contribution is -0.193. The number of alkyl halides is 6. The molecule has 3 aliphatic heterocycles. The SMILES string of the molecule is O=C(O)C(F)(F)F.O=C(O)C(F)(F)F.O=C([C@H]1CO[C@@H]2CN(Cc3cccnc3)C[C@H]12)N1CCCO1. The summed E-state index contributed by atoms with van der Waals surface area (Å²) in [6, 6.07) is 4.04. The van der Waals surface area contributed by atoms with Crippen molar-refractivity contribution in [3.63, 3.8) is 0 Å². The lowest BCUT2D eigenvalue weighted by Gasteiger charge is -2.22. The molecule has 2 N–H and O–H groups in total. The summed E-state index contributed by atoms with van der Waals surface area (Å²) in [4.78, 5) is 42.3. The van der Waals surface area contributed by atoms with Crippen LogP contribution in [-0.2, 0) is 30.5 Å². The van der Waals surface area contributed by atoms with E-state index in [-0.39, 0.29) is 23.8 Å². The van der Waals surface area contributed by atoms with E-state index in [2.05, 4.69) is 16.0 Å². The quantitative estimate of drug-likeness (QED) is 0.563. The average Bonchev–Trinajstić information content (AvgIpc) is 3.51. The van der Waals surface area contributed by atoms with Gasteiger partial charge in [0.1, 0.15) is 0 Å². The Morgan fingerprint density at radius 2 is 1.67 bits per heavy atom. The van der Waals surface area contributed by atoms with E-state index in [1.807, 2.05) is 12.3 Å². The Morgan fingerprint density at radius 1 is 1.06 bits per heavy atom. The number of aliphatic carboxylic acids is 2. The fraction of sp³-hybridized carbons (Fsp3) is 0.600. The molecule has 4 heterocycles. The van der Waals surface area contributed by atoms with Gasteiger partial charge in [-0.05, 0) is 18.1 Å². The number of aromatic nitrogens is 1. The van der Waals surface area contributed by atoms with Gasteiger partial charge in [0.25, 0.3) is 5.91 Å². The Kier molecular flexibility index (Phi) is 10.0. The van der Waals surface area contributed by atoms with Crippen LogP contribution in [0, 0.1) is 11.8 Å². The van der Waals surface area contributed by atoms with Gasteiger partial charge in [-0.1, -0.05) is 6.07 Å². The first-order valence-electron chi connectivity index (χ1n) is 10.5. The van der Waals surface area contributed by atoms with Crippen molar-refractivity contribution in [1.29, 1.82) is 0 Å². The molecule has 0 radical (unpaired) electrons.